The van der Waals surface area contributed by atoms with Gasteiger partial charge in [0.15, 0.2) is 0 Å². The molecule has 1 aliphatic rings. The van der Waals surface area contributed by atoms with Crippen LogP contribution in [-0.2, 0) is 6.42 Å². The minimum Gasteiger partial charge on any atom is -0.461 e. The number of benzene rings is 1. The van der Waals surface area contributed by atoms with Gasteiger partial charge in [-0.1, -0.05) is 12.1 Å². The molecule has 0 aliphatic carbocycles. The van der Waals surface area contributed by atoms with Gasteiger partial charge in [0.25, 0.3) is 5.91 Å². The Hall–Kier alpha value is -2.96. The number of rotatable bonds is 7. The molecule has 3 heterocycles. The predicted molar refractivity (Wildman–Crippen MR) is 126 cm³/mol. The summed E-state index contributed by atoms with van der Waals surface area (Å²) in [4.78, 5) is 22.0. The minimum atomic E-state index is -4.80. The molecule has 2 aromatic heterocycles. The molecule has 1 amide bonds. The van der Waals surface area contributed by atoms with E-state index in [1.165, 1.54) is 24.3 Å². The first-order valence-corrected chi connectivity index (χ1v) is 11.9. The van der Waals surface area contributed by atoms with E-state index in [1.54, 1.807) is 13.0 Å². The largest absolute Gasteiger partial charge is 0.573 e. The lowest BCUT2D eigenvalue weighted by Crippen LogP contribution is -2.48. The maximum Gasteiger partial charge on any atom is 0.573 e. The van der Waals surface area contributed by atoms with Gasteiger partial charge < -0.3 is 14.1 Å². The highest BCUT2D eigenvalue weighted by molar-refractivity contribution is 7.09. The Kier molecular flexibility index (Phi) is 7.43. The van der Waals surface area contributed by atoms with Gasteiger partial charge in [-0.05, 0) is 39.1 Å². The first-order chi connectivity index (χ1) is 16.6. The third kappa shape index (κ3) is 6.59. The first kappa shape index (κ1) is 25.1. The van der Waals surface area contributed by atoms with Crippen LogP contribution in [-0.4, -0.2) is 70.7 Å². The Morgan fingerprint density at radius 1 is 1.26 bits per heavy atom. The number of nitrogens with one attached hydrogen (secondary N) is 1. The molecule has 0 spiro atoms. The summed E-state index contributed by atoms with van der Waals surface area (Å²) in [5.74, 6) is 0.437. The van der Waals surface area contributed by atoms with E-state index in [0.29, 0.717) is 28.7 Å². The van der Waals surface area contributed by atoms with Gasteiger partial charge in [-0.25, -0.2) is 4.98 Å². The summed E-state index contributed by atoms with van der Waals surface area (Å²) in [5, 5.41) is 3.11. The lowest BCUT2D eigenvalue weighted by Gasteiger charge is -2.36. The standard InChI is InChI=1S/C23H26F3N5O3S/c1-14(31-9-7-30(3)8-10-31)11-20-27-22(35-29-20)28-21(32)18-13-19(33-15(18)2)16-5-4-6-17(12-16)34-23(24,25)26/h4-6,12-14H,7-11H2,1-3H3,(H,27,28,29,32). The molecule has 0 saturated carbocycles. The number of piperazine rings is 1. The fraction of sp³-hybridized carbons (Fsp3) is 0.435. The number of likely N-dealkylation sites (N-methyl/N-ethyl adjacent to an activating group) is 1. The van der Waals surface area contributed by atoms with Gasteiger partial charge in [-0.2, -0.15) is 4.37 Å². The lowest BCUT2D eigenvalue weighted by molar-refractivity contribution is -0.274. The van der Waals surface area contributed by atoms with E-state index in [4.69, 9.17) is 4.42 Å². The molecule has 35 heavy (non-hydrogen) atoms. The summed E-state index contributed by atoms with van der Waals surface area (Å²) in [6, 6.07) is 7.15. The van der Waals surface area contributed by atoms with E-state index < -0.39 is 12.3 Å². The van der Waals surface area contributed by atoms with Gasteiger partial charge in [0.05, 0.1) is 5.56 Å². The predicted octanol–water partition coefficient (Wildman–Crippen LogP) is 4.44. The fourth-order valence-electron chi connectivity index (χ4n) is 3.90. The van der Waals surface area contributed by atoms with Crippen molar-refractivity contribution in [1.29, 1.82) is 0 Å². The summed E-state index contributed by atoms with van der Waals surface area (Å²) < 4.78 is 51.5. The third-order valence-electron chi connectivity index (χ3n) is 5.84. The zero-order valence-electron chi connectivity index (χ0n) is 19.6. The number of carbonyl (C=O) groups excluding carboxylic acids is 1. The van der Waals surface area contributed by atoms with Crippen LogP contribution < -0.4 is 10.1 Å². The van der Waals surface area contributed by atoms with Crippen molar-refractivity contribution in [3.63, 3.8) is 0 Å². The molecule has 1 atom stereocenters. The van der Waals surface area contributed by atoms with Crippen molar-refractivity contribution in [2.75, 3.05) is 38.5 Å². The van der Waals surface area contributed by atoms with Crippen LogP contribution in [0.1, 0.15) is 28.9 Å². The molecule has 1 saturated heterocycles. The van der Waals surface area contributed by atoms with Gasteiger partial charge in [0.1, 0.15) is 23.1 Å². The average molecular weight is 510 g/mol. The third-order valence-corrected chi connectivity index (χ3v) is 6.51. The normalized spacial score (nSPS) is 16.3. The van der Waals surface area contributed by atoms with Crippen molar-refractivity contribution in [2.24, 2.45) is 0 Å². The lowest BCUT2D eigenvalue weighted by atomic mass is 10.1. The summed E-state index contributed by atoms with van der Waals surface area (Å²) in [5.41, 5.74) is 0.606. The number of furan rings is 1. The molecule has 8 nitrogen and oxygen atoms in total. The Balaban J connectivity index is 1.40. The highest BCUT2D eigenvalue weighted by atomic mass is 32.1. The van der Waals surface area contributed by atoms with E-state index in [1.807, 2.05) is 0 Å². The number of hydrogen-bond donors (Lipinski definition) is 1. The summed E-state index contributed by atoms with van der Waals surface area (Å²) in [6.07, 6.45) is -4.12. The van der Waals surface area contributed by atoms with E-state index in [9.17, 15) is 18.0 Å². The Labute approximate surface area is 204 Å². The van der Waals surface area contributed by atoms with E-state index in [2.05, 4.69) is 43.2 Å². The Bertz CT molecular complexity index is 1170. The zero-order chi connectivity index (χ0) is 25.2. The van der Waals surface area contributed by atoms with Crippen molar-refractivity contribution in [3.8, 4) is 17.1 Å². The Morgan fingerprint density at radius 2 is 2.00 bits per heavy atom. The molecule has 3 aromatic rings. The van der Waals surface area contributed by atoms with Gasteiger partial charge >= 0.3 is 6.36 Å². The monoisotopic (exact) mass is 509 g/mol. The minimum absolute atomic E-state index is 0.249. The second-order valence-corrected chi connectivity index (χ2v) is 9.27. The quantitative estimate of drug-likeness (QED) is 0.504. The smallest absolute Gasteiger partial charge is 0.461 e. The zero-order valence-corrected chi connectivity index (χ0v) is 20.4. The highest BCUT2D eigenvalue weighted by Gasteiger charge is 2.31. The van der Waals surface area contributed by atoms with Crippen LogP contribution in [0.4, 0.5) is 18.3 Å². The first-order valence-electron chi connectivity index (χ1n) is 11.1. The second kappa shape index (κ2) is 10.3. The molecular formula is C23H26F3N5O3S. The van der Waals surface area contributed by atoms with E-state index in [0.717, 1.165) is 37.7 Å². The molecule has 12 heteroatoms. The number of anilines is 1. The molecule has 1 fully saturated rings. The molecule has 0 bridgehead atoms. The van der Waals surface area contributed by atoms with Gasteiger partial charge in [0.2, 0.25) is 5.13 Å². The maximum atomic E-state index is 12.8. The maximum absolute atomic E-state index is 12.8. The molecular weight excluding hydrogens is 483 g/mol. The van der Waals surface area contributed by atoms with E-state index in [-0.39, 0.29) is 23.1 Å². The van der Waals surface area contributed by atoms with Crippen molar-refractivity contribution >= 4 is 22.6 Å². The second-order valence-electron chi connectivity index (χ2n) is 8.52. The number of alkyl halides is 3. The van der Waals surface area contributed by atoms with E-state index >= 15 is 0 Å². The molecule has 4 rings (SSSR count). The van der Waals surface area contributed by atoms with Gasteiger partial charge in [0, 0.05) is 55.7 Å². The van der Waals surface area contributed by atoms with Crippen LogP contribution in [0.5, 0.6) is 5.75 Å². The van der Waals surface area contributed by atoms with Crippen molar-refractivity contribution in [2.45, 2.75) is 32.7 Å². The number of amides is 1. The molecule has 188 valence electrons. The SMILES string of the molecule is Cc1oc(-c2cccc(OC(F)(F)F)c2)cc1C(=O)Nc1nc(CC(C)N2CCN(C)CC2)ns1. The van der Waals surface area contributed by atoms with Crippen molar-refractivity contribution in [1.82, 2.24) is 19.2 Å². The molecule has 1 N–H and O–H groups in total. The Morgan fingerprint density at radius 3 is 2.71 bits per heavy atom. The highest BCUT2D eigenvalue weighted by Crippen LogP contribution is 2.31. The molecule has 1 aliphatic heterocycles. The van der Waals surface area contributed by atoms with Crippen molar-refractivity contribution < 1.29 is 27.1 Å². The van der Waals surface area contributed by atoms with Crippen LogP contribution in [0, 0.1) is 6.92 Å². The summed E-state index contributed by atoms with van der Waals surface area (Å²) >= 11 is 1.10. The summed E-state index contributed by atoms with van der Waals surface area (Å²) in [6.45, 7) is 7.81. The molecule has 0 radical (unpaired) electrons. The number of aromatic nitrogens is 2. The van der Waals surface area contributed by atoms with Crippen LogP contribution in [0.3, 0.4) is 0 Å². The fourth-order valence-corrected chi connectivity index (χ4v) is 4.50. The number of halogens is 3. The number of carbonyl (C=O) groups is 1. The number of ether oxygens (including phenoxy) is 1. The van der Waals surface area contributed by atoms with Crippen LogP contribution >= 0.6 is 11.5 Å². The number of hydrogen-bond acceptors (Lipinski definition) is 8. The number of nitrogens with zero attached hydrogens (tertiary/aromatic N) is 4. The van der Waals surface area contributed by atoms with Crippen LogP contribution in [0.2, 0.25) is 0 Å². The van der Waals surface area contributed by atoms with Gasteiger partial charge in [-0.15, -0.1) is 13.2 Å². The van der Waals surface area contributed by atoms with Gasteiger partial charge in [-0.3, -0.25) is 15.0 Å². The summed E-state index contributed by atoms with van der Waals surface area (Å²) in [7, 11) is 2.11. The molecule has 1 unspecified atom stereocenters. The topological polar surface area (TPSA) is 83.7 Å². The average Bonchev–Trinajstić information content (AvgIpc) is 3.39. The number of aryl methyl sites for hydroxylation is 1. The van der Waals surface area contributed by atoms with Crippen LogP contribution in [0.15, 0.2) is 34.7 Å². The van der Waals surface area contributed by atoms with Crippen LogP contribution in [0.25, 0.3) is 11.3 Å². The van der Waals surface area contributed by atoms with Crippen molar-refractivity contribution in [3.05, 3.63) is 47.5 Å². The molecule has 1 aromatic carbocycles.